The average Bonchev–Trinajstić information content (AvgIpc) is 2.79. The van der Waals surface area contributed by atoms with E-state index in [0.29, 0.717) is 11.4 Å². The lowest BCUT2D eigenvalue weighted by atomic mass is 10.2. The Bertz CT molecular complexity index is 532. The van der Waals surface area contributed by atoms with E-state index in [-0.39, 0.29) is 5.91 Å². The molecule has 0 aromatic carbocycles. The summed E-state index contributed by atoms with van der Waals surface area (Å²) < 4.78 is 1.10. The second-order valence-electron chi connectivity index (χ2n) is 3.42. The number of hydrogen-bond donors (Lipinski definition) is 2. The molecule has 4 nitrogen and oxygen atoms in total. The van der Waals surface area contributed by atoms with Gasteiger partial charge in [-0.3, -0.25) is 9.89 Å². The maximum Gasteiger partial charge on any atom is 0.257 e. The van der Waals surface area contributed by atoms with Crippen molar-refractivity contribution in [3.63, 3.8) is 0 Å². The van der Waals surface area contributed by atoms with Gasteiger partial charge in [0, 0.05) is 16.6 Å². The third-order valence-corrected chi connectivity index (χ3v) is 4.10. The SMILES string of the molecule is Cc1[nH]nc(NC(=O)c2csc(I)c2)c1C. The molecule has 1 amide bonds. The highest BCUT2D eigenvalue weighted by Gasteiger charge is 2.12. The first-order valence-electron chi connectivity index (χ1n) is 4.65. The van der Waals surface area contributed by atoms with Crippen molar-refractivity contribution in [1.82, 2.24) is 10.2 Å². The summed E-state index contributed by atoms with van der Waals surface area (Å²) in [5.74, 6) is 0.484. The van der Waals surface area contributed by atoms with E-state index in [1.165, 1.54) is 0 Å². The van der Waals surface area contributed by atoms with Gasteiger partial charge in [-0.15, -0.1) is 11.3 Å². The molecule has 6 heteroatoms. The third-order valence-electron chi connectivity index (χ3n) is 2.31. The molecule has 0 radical (unpaired) electrons. The minimum absolute atomic E-state index is 0.117. The summed E-state index contributed by atoms with van der Waals surface area (Å²) in [5.41, 5.74) is 2.61. The second-order valence-corrected chi connectivity index (χ2v) is 6.22. The molecule has 0 aliphatic carbocycles. The van der Waals surface area contributed by atoms with Crippen LogP contribution in [0.2, 0.25) is 0 Å². The van der Waals surface area contributed by atoms with E-state index in [1.807, 2.05) is 25.3 Å². The minimum Gasteiger partial charge on any atom is -0.305 e. The molecule has 2 N–H and O–H groups in total. The summed E-state index contributed by atoms with van der Waals surface area (Å²) in [5, 5.41) is 11.5. The molecule has 2 aromatic rings. The van der Waals surface area contributed by atoms with Crippen LogP contribution in [0.4, 0.5) is 5.82 Å². The molecule has 2 rings (SSSR count). The molecule has 0 unspecified atom stereocenters. The van der Waals surface area contributed by atoms with Crippen molar-refractivity contribution in [2.75, 3.05) is 5.32 Å². The average molecular weight is 347 g/mol. The van der Waals surface area contributed by atoms with Crippen LogP contribution in [-0.4, -0.2) is 16.1 Å². The largest absolute Gasteiger partial charge is 0.305 e. The van der Waals surface area contributed by atoms with E-state index >= 15 is 0 Å². The first kappa shape index (κ1) is 11.6. The smallest absolute Gasteiger partial charge is 0.257 e. The Morgan fingerprint density at radius 1 is 1.56 bits per heavy atom. The molecule has 0 aliphatic heterocycles. The lowest BCUT2D eigenvalue weighted by molar-refractivity contribution is 0.102. The van der Waals surface area contributed by atoms with Crippen LogP contribution in [0.15, 0.2) is 11.4 Å². The van der Waals surface area contributed by atoms with Gasteiger partial charge < -0.3 is 5.32 Å². The van der Waals surface area contributed by atoms with Crippen LogP contribution in [0, 0.1) is 16.7 Å². The fourth-order valence-corrected chi connectivity index (χ4v) is 2.54. The molecule has 0 spiro atoms. The summed E-state index contributed by atoms with van der Waals surface area (Å²) in [6, 6.07) is 1.86. The molecular weight excluding hydrogens is 337 g/mol. The molecule has 0 saturated carbocycles. The molecule has 2 aromatic heterocycles. The van der Waals surface area contributed by atoms with Crippen LogP contribution in [0.3, 0.4) is 0 Å². The summed E-state index contributed by atoms with van der Waals surface area (Å²) in [6.45, 7) is 3.84. The first-order chi connectivity index (χ1) is 7.58. The van der Waals surface area contributed by atoms with Crippen molar-refractivity contribution >= 4 is 45.7 Å². The topological polar surface area (TPSA) is 57.8 Å². The van der Waals surface area contributed by atoms with Crippen molar-refractivity contribution < 1.29 is 4.79 Å². The van der Waals surface area contributed by atoms with E-state index in [0.717, 1.165) is 14.1 Å². The maximum absolute atomic E-state index is 11.8. The Kier molecular flexibility index (Phi) is 3.29. The predicted octanol–water partition coefficient (Wildman–Crippen LogP) is 2.94. The maximum atomic E-state index is 11.8. The van der Waals surface area contributed by atoms with Crippen LogP contribution in [0.1, 0.15) is 21.6 Å². The van der Waals surface area contributed by atoms with E-state index in [4.69, 9.17) is 0 Å². The molecular formula is C10H10IN3OS. The zero-order valence-corrected chi connectivity index (χ0v) is 11.8. The molecule has 0 saturated heterocycles. The number of halogens is 1. The van der Waals surface area contributed by atoms with Crippen LogP contribution in [-0.2, 0) is 0 Å². The van der Waals surface area contributed by atoms with Crippen molar-refractivity contribution in [2.24, 2.45) is 0 Å². The zero-order chi connectivity index (χ0) is 11.7. The highest BCUT2D eigenvalue weighted by atomic mass is 127. The Balaban J connectivity index is 2.17. The number of H-pyrrole nitrogens is 1. The lowest BCUT2D eigenvalue weighted by Crippen LogP contribution is -2.11. The number of carbonyl (C=O) groups is 1. The number of amides is 1. The number of hydrogen-bond acceptors (Lipinski definition) is 3. The third kappa shape index (κ3) is 2.27. The van der Waals surface area contributed by atoms with E-state index in [1.54, 1.807) is 11.3 Å². The van der Waals surface area contributed by atoms with Crippen LogP contribution < -0.4 is 5.32 Å². The fourth-order valence-electron chi connectivity index (χ4n) is 1.22. The summed E-state index contributed by atoms with van der Waals surface area (Å²) in [7, 11) is 0. The number of anilines is 1. The van der Waals surface area contributed by atoms with E-state index in [2.05, 4.69) is 38.1 Å². The fraction of sp³-hybridized carbons (Fsp3) is 0.200. The molecule has 0 atom stereocenters. The molecule has 2 heterocycles. The summed E-state index contributed by atoms with van der Waals surface area (Å²) in [6.07, 6.45) is 0. The Labute approximate surface area is 111 Å². The second kappa shape index (κ2) is 4.54. The van der Waals surface area contributed by atoms with Gasteiger partial charge in [0.15, 0.2) is 5.82 Å². The predicted molar refractivity (Wildman–Crippen MR) is 73.1 cm³/mol. The summed E-state index contributed by atoms with van der Waals surface area (Å²) in [4.78, 5) is 11.8. The van der Waals surface area contributed by atoms with E-state index in [9.17, 15) is 4.79 Å². The van der Waals surface area contributed by atoms with Crippen molar-refractivity contribution in [2.45, 2.75) is 13.8 Å². The standard InChI is InChI=1S/C10H10IN3OS/c1-5-6(2)13-14-9(5)12-10(15)7-3-8(11)16-4-7/h3-4H,1-2H3,(H2,12,13,14,15). The van der Waals surface area contributed by atoms with Crippen molar-refractivity contribution in [3.8, 4) is 0 Å². The van der Waals surface area contributed by atoms with Gasteiger partial charge in [-0.25, -0.2) is 0 Å². The number of carbonyl (C=O) groups excluding carboxylic acids is 1. The quantitative estimate of drug-likeness (QED) is 0.821. The van der Waals surface area contributed by atoms with Gasteiger partial charge in [-0.1, -0.05) is 0 Å². The highest BCUT2D eigenvalue weighted by Crippen LogP contribution is 2.19. The van der Waals surface area contributed by atoms with Gasteiger partial charge >= 0.3 is 0 Å². The molecule has 0 aliphatic rings. The normalized spacial score (nSPS) is 10.4. The number of aryl methyl sites for hydroxylation is 1. The molecule has 0 fully saturated rings. The van der Waals surface area contributed by atoms with Crippen molar-refractivity contribution in [3.05, 3.63) is 31.2 Å². The molecule has 0 bridgehead atoms. The van der Waals surface area contributed by atoms with Crippen LogP contribution in [0.25, 0.3) is 0 Å². The zero-order valence-electron chi connectivity index (χ0n) is 8.80. The van der Waals surface area contributed by atoms with Crippen LogP contribution in [0.5, 0.6) is 0 Å². The van der Waals surface area contributed by atoms with Gasteiger partial charge in [0.2, 0.25) is 0 Å². The Hall–Kier alpha value is -0.890. The van der Waals surface area contributed by atoms with Gasteiger partial charge in [0.05, 0.1) is 8.45 Å². The van der Waals surface area contributed by atoms with Gasteiger partial charge in [0.1, 0.15) is 0 Å². The molecule has 16 heavy (non-hydrogen) atoms. The summed E-state index contributed by atoms with van der Waals surface area (Å²) >= 11 is 3.74. The molecule has 84 valence electrons. The Morgan fingerprint density at radius 2 is 2.31 bits per heavy atom. The Morgan fingerprint density at radius 3 is 2.81 bits per heavy atom. The number of aromatic amines is 1. The number of rotatable bonds is 2. The van der Waals surface area contributed by atoms with E-state index < -0.39 is 0 Å². The highest BCUT2D eigenvalue weighted by molar-refractivity contribution is 14.1. The van der Waals surface area contributed by atoms with Crippen LogP contribution >= 0.6 is 33.9 Å². The lowest BCUT2D eigenvalue weighted by Gasteiger charge is -2.00. The van der Waals surface area contributed by atoms with Crippen molar-refractivity contribution in [1.29, 1.82) is 0 Å². The number of thiophene rings is 1. The van der Waals surface area contributed by atoms with Gasteiger partial charge in [-0.2, -0.15) is 5.10 Å². The van der Waals surface area contributed by atoms with Gasteiger partial charge in [-0.05, 0) is 42.5 Å². The minimum atomic E-state index is -0.117. The van der Waals surface area contributed by atoms with Gasteiger partial charge in [0.25, 0.3) is 5.91 Å². The number of nitrogens with zero attached hydrogens (tertiary/aromatic N) is 1. The first-order valence-corrected chi connectivity index (χ1v) is 6.60. The number of nitrogens with one attached hydrogen (secondary N) is 2. The number of aromatic nitrogens is 2. The monoisotopic (exact) mass is 347 g/mol.